The van der Waals surface area contributed by atoms with Crippen LogP contribution in [-0.4, -0.2) is 15.2 Å². The van der Waals surface area contributed by atoms with Gasteiger partial charge in [-0.05, 0) is 48.5 Å². The van der Waals surface area contributed by atoms with Gasteiger partial charge in [0.05, 0.1) is 0 Å². The minimum Gasteiger partial charge on any atom is -0.457 e. The zero-order chi connectivity index (χ0) is 23.9. The molecule has 0 fully saturated rings. The van der Waals surface area contributed by atoms with Crippen molar-refractivity contribution in [3.63, 3.8) is 0 Å². The number of nitrogens with zero attached hydrogens (tertiary/aromatic N) is 5. The normalized spacial score (nSPS) is 9.79. The lowest BCUT2D eigenvalue weighted by Crippen LogP contribution is -2.00. The Bertz CT molecular complexity index is 1480. The molecule has 4 aromatic rings. The highest BCUT2D eigenvalue weighted by Crippen LogP contribution is 2.28. The van der Waals surface area contributed by atoms with Crippen molar-refractivity contribution in [2.45, 2.75) is 0 Å². The van der Waals surface area contributed by atoms with Crippen molar-refractivity contribution in [3.05, 3.63) is 84.1 Å². The highest BCUT2D eigenvalue weighted by atomic mass is 16.5. The standard InChI is InChI=1S/C25H16N8O/c26-13-18(14-27)23(15-28)30-20-5-1-3-16(11-20)24-31-25(33-32-24)17-4-2-6-22(12-17)34-21-9-7-19(29)8-10-21/h1-12,30H,29H2,(H,31,32,33). The number of aromatic nitrogens is 3. The van der Waals surface area contributed by atoms with Gasteiger partial charge in [-0.2, -0.15) is 20.9 Å². The van der Waals surface area contributed by atoms with Gasteiger partial charge in [0.2, 0.25) is 0 Å². The fourth-order valence-corrected chi connectivity index (χ4v) is 3.06. The predicted molar refractivity (Wildman–Crippen MR) is 126 cm³/mol. The number of rotatable bonds is 6. The van der Waals surface area contributed by atoms with E-state index in [1.54, 1.807) is 54.6 Å². The summed E-state index contributed by atoms with van der Waals surface area (Å²) in [5.74, 6) is 2.28. The molecule has 4 N–H and O–H groups in total. The first-order valence-electron chi connectivity index (χ1n) is 9.98. The molecule has 1 heterocycles. The molecule has 0 amide bonds. The molecule has 0 radical (unpaired) electrons. The number of allylic oxidation sites excluding steroid dienone is 2. The molecular weight excluding hydrogens is 428 g/mol. The van der Waals surface area contributed by atoms with Crippen LogP contribution in [0, 0.1) is 34.0 Å². The summed E-state index contributed by atoms with van der Waals surface area (Å²) in [5, 5.41) is 37.3. The van der Waals surface area contributed by atoms with Crippen LogP contribution in [0.1, 0.15) is 0 Å². The molecule has 34 heavy (non-hydrogen) atoms. The number of nitrogen functional groups attached to an aromatic ring is 1. The van der Waals surface area contributed by atoms with Gasteiger partial charge >= 0.3 is 0 Å². The van der Waals surface area contributed by atoms with E-state index in [1.807, 2.05) is 36.4 Å². The van der Waals surface area contributed by atoms with Crippen molar-refractivity contribution in [1.29, 1.82) is 15.8 Å². The second-order valence-electron chi connectivity index (χ2n) is 7.00. The summed E-state index contributed by atoms with van der Waals surface area (Å²) >= 11 is 0. The molecule has 1 aromatic heterocycles. The molecule has 9 nitrogen and oxygen atoms in total. The smallest absolute Gasteiger partial charge is 0.181 e. The van der Waals surface area contributed by atoms with E-state index in [2.05, 4.69) is 20.5 Å². The largest absolute Gasteiger partial charge is 0.457 e. The van der Waals surface area contributed by atoms with E-state index in [1.165, 1.54) is 0 Å². The number of aromatic amines is 1. The van der Waals surface area contributed by atoms with Crippen LogP contribution >= 0.6 is 0 Å². The number of benzene rings is 3. The van der Waals surface area contributed by atoms with E-state index in [4.69, 9.17) is 21.0 Å². The number of nitriles is 3. The lowest BCUT2D eigenvalue weighted by Gasteiger charge is -2.07. The number of hydrogen-bond acceptors (Lipinski definition) is 8. The molecule has 0 saturated carbocycles. The van der Waals surface area contributed by atoms with E-state index < -0.39 is 0 Å². The van der Waals surface area contributed by atoms with Gasteiger partial charge < -0.3 is 15.8 Å². The van der Waals surface area contributed by atoms with E-state index in [9.17, 15) is 5.26 Å². The lowest BCUT2D eigenvalue weighted by atomic mass is 10.1. The molecule has 0 atom stereocenters. The SMILES string of the molecule is N#CC(C#N)=C(C#N)Nc1cccc(-c2n[nH]c(-c3cccc(Oc4ccc(N)cc4)c3)n2)c1. The third kappa shape index (κ3) is 4.83. The Kier molecular flexibility index (Phi) is 6.17. The quantitative estimate of drug-likeness (QED) is 0.283. The summed E-state index contributed by atoms with van der Waals surface area (Å²) in [4.78, 5) is 4.57. The second-order valence-corrected chi connectivity index (χ2v) is 7.00. The summed E-state index contributed by atoms with van der Waals surface area (Å²) in [6, 6.07) is 26.7. The van der Waals surface area contributed by atoms with Crippen molar-refractivity contribution >= 4 is 11.4 Å². The Balaban J connectivity index is 1.56. The van der Waals surface area contributed by atoms with Gasteiger partial charge in [-0.15, -0.1) is 0 Å². The second kappa shape index (κ2) is 9.69. The van der Waals surface area contributed by atoms with Crippen molar-refractivity contribution < 1.29 is 4.74 Å². The van der Waals surface area contributed by atoms with Gasteiger partial charge in [-0.25, -0.2) is 4.98 Å². The van der Waals surface area contributed by atoms with Gasteiger partial charge in [0.15, 0.2) is 17.2 Å². The first-order valence-corrected chi connectivity index (χ1v) is 9.98. The highest BCUT2D eigenvalue weighted by molar-refractivity contribution is 5.68. The summed E-state index contributed by atoms with van der Waals surface area (Å²) in [7, 11) is 0. The molecule has 0 bridgehead atoms. The topological polar surface area (TPSA) is 160 Å². The molecular formula is C25H16N8O. The van der Waals surface area contributed by atoms with Crippen LogP contribution in [0.3, 0.4) is 0 Å². The Labute approximate surface area is 195 Å². The fraction of sp³-hybridized carbons (Fsp3) is 0. The van der Waals surface area contributed by atoms with Gasteiger partial charge in [0, 0.05) is 22.5 Å². The third-order valence-electron chi connectivity index (χ3n) is 4.68. The van der Waals surface area contributed by atoms with Gasteiger partial charge in [0.25, 0.3) is 0 Å². The maximum atomic E-state index is 9.25. The molecule has 162 valence electrons. The Hall–Kier alpha value is -5.59. The lowest BCUT2D eigenvalue weighted by molar-refractivity contribution is 0.483. The maximum absolute atomic E-state index is 9.25. The number of anilines is 2. The Morgan fingerprint density at radius 3 is 2.32 bits per heavy atom. The summed E-state index contributed by atoms with van der Waals surface area (Å²) in [6.07, 6.45) is 0. The number of H-pyrrole nitrogens is 1. The van der Waals surface area contributed by atoms with Crippen LogP contribution in [0.4, 0.5) is 11.4 Å². The van der Waals surface area contributed by atoms with Crippen LogP contribution in [0.25, 0.3) is 22.8 Å². The van der Waals surface area contributed by atoms with Crippen LogP contribution < -0.4 is 15.8 Å². The number of nitrogens with two attached hydrogens (primary N) is 1. The minimum absolute atomic E-state index is 0.129. The number of ether oxygens (including phenoxy) is 1. The van der Waals surface area contributed by atoms with Gasteiger partial charge in [-0.1, -0.05) is 24.3 Å². The molecule has 0 unspecified atom stereocenters. The van der Waals surface area contributed by atoms with Crippen LogP contribution in [0.2, 0.25) is 0 Å². The zero-order valence-corrected chi connectivity index (χ0v) is 17.6. The van der Waals surface area contributed by atoms with E-state index >= 15 is 0 Å². The number of hydrogen-bond donors (Lipinski definition) is 3. The molecule has 0 aliphatic heterocycles. The van der Waals surface area contributed by atoms with Crippen molar-refractivity contribution in [2.75, 3.05) is 11.1 Å². The Morgan fingerprint density at radius 1 is 0.853 bits per heavy atom. The average Bonchev–Trinajstić information content (AvgIpc) is 3.36. The van der Waals surface area contributed by atoms with Crippen LogP contribution in [-0.2, 0) is 0 Å². The average molecular weight is 444 g/mol. The van der Waals surface area contributed by atoms with Crippen molar-refractivity contribution in [3.8, 4) is 52.5 Å². The van der Waals surface area contributed by atoms with Gasteiger partial charge in [-0.3, -0.25) is 5.10 Å². The first kappa shape index (κ1) is 21.6. The molecule has 9 heteroatoms. The fourth-order valence-electron chi connectivity index (χ4n) is 3.06. The Morgan fingerprint density at radius 2 is 1.59 bits per heavy atom. The third-order valence-corrected chi connectivity index (χ3v) is 4.68. The first-order chi connectivity index (χ1) is 16.6. The van der Waals surface area contributed by atoms with Crippen molar-refractivity contribution in [1.82, 2.24) is 15.2 Å². The summed E-state index contributed by atoms with van der Waals surface area (Å²) in [6.45, 7) is 0. The molecule has 4 rings (SSSR count). The maximum Gasteiger partial charge on any atom is 0.181 e. The zero-order valence-electron chi connectivity index (χ0n) is 17.6. The van der Waals surface area contributed by atoms with Crippen LogP contribution in [0.15, 0.2) is 84.1 Å². The monoisotopic (exact) mass is 444 g/mol. The van der Waals surface area contributed by atoms with E-state index in [0.29, 0.717) is 40.1 Å². The van der Waals surface area contributed by atoms with E-state index in [-0.39, 0.29) is 11.3 Å². The van der Waals surface area contributed by atoms with Crippen LogP contribution in [0.5, 0.6) is 11.5 Å². The summed E-state index contributed by atoms with van der Waals surface area (Å²) < 4.78 is 5.89. The summed E-state index contributed by atoms with van der Waals surface area (Å²) in [5.41, 5.74) is 7.92. The molecule has 3 aromatic carbocycles. The number of nitrogens with one attached hydrogen (secondary N) is 2. The minimum atomic E-state index is -0.297. The molecule has 0 saturated heterocycles. The highest BCUT2D eigenvalue weighted by Gasteiger charge is 2.11. The molecule has 0 spiro atoms. The van der Waals surface area contributed by atoms with E-state index in [0.717, 1.165) is 5.56 Å². The van der Waals surface area contributed by atoms with Gasteiger partial charge in [0.1, 0.15) is 35.4 Å². The molecule has 0 aliphatic carbocycles. The molecule has 0 aliphatic rings. The van der Waals surface area contributed by atoms with Crippen molar-refractivity contribution in [2.24, 2.45) is 0 Å². The predicted octanol–water partition coefficient (Wildman–Crippen LogP) is 4.75.